The fourth-order valence-electron chi connectivity index (χ4n) is 2.68. The minimum absolute atomic E-state index is 0.136. The molecule has 7 heteroatoms. The van der Waals surface area contributed by atoms with Gasteiger partial charge in [0, 0.05) is 24.2 Å². The first-order valence-electron chi connectivity index (χ1n) is 9.82. The first-order chi connectivity index (χ1) is 14.8. The van der Waals surface area contributed by atoms with Crippen LogP contribution in [0.15, 0.2) is 88.9 Å². The van der Waals surface area contributed by atoms with Gasteiger partial charge in [-0.1, -0.05) is 26.0 Å². The number of nitrogens with one attached hydrogen (secondary N) is 1. The van der Waals surface area contributed by atoms with E-state index in [4.69, 9.17) is 4.74 Å². The van der Waals surface area contributed by atoms with Gasteiger partial charge in [-0.25, -0.2) is 8.42 Å². The lowest BCUT2D eigenvalue weighted by atomic mass is 10.2. The fourth-order valence-corrected chi connectivity index (χ4v) is 3.97. The second kappa shape index (κ2) is 10.0. The number of hydrogen-bond acceptors (Lipinski definition) is 5. The van der Waals surface area contributed by atoms with Crippen LogP contribution in [0.2, 0.25) is 0 Å². The first-order valence-corrected chi connectivity index (χ1v) is 11.3. The molecule has 6 nitrogen and oxygen atoms in total. The van der Waals surface area contributed by atoms with Crippen molar-refractivity contribution in [2.24, 2.45) is 5.92 Å². The van der Waals surface area contributed by atoms with Crippen LogP contribution in [0, 0.1) is 5.92 Å². The molecule has 0 aliphatic carbocycles. The Bertz CT molecular complexity index is 1160. The van der Waals surface area contributed by atoms with Crippen molar-refractivity contribution in [3.05, 3.63) is 84.7 Å². The number of ether oxygens (including phenoxy) is 1. The molecular weight excluding hydrogens is 412 g/mol. The zero-order valence-corrected chi connectivity index (χ0v) is 18.2. The van der Waals surface area contributed by atoms with Gasteiger partial charge in [0.2, 0.25) is 15.7 Å². The van der Waals surface area contributed by atoms with Crippen LogP contribution >= 0.6 is 0 Å². The lowest BCUT2D eigenvalue weighted by Gasteiger charge is -2.11. The molecule has 31 heavy (non-hydrogen) atoms. The minimum atomic E-state index is -3.71. The number of pyridine rings is 1. The maximum Gasteiger partial charge on any atom is 0.248 e. The maximum atomic E-state index is 13.0. The van der Waals surface area contributed by atoms with Crippen molar-refractivity contribution in [1.29, 1.82) is 0 Å². The van der Waals surface area contributed by atoms with Gasteiger partial charge in [-0.15, -0.1) is 0 Å². The minimum Gasteiger partial charge on any atom is -0.493 e. The van der Waals surface area contributed by atoms with E-state index in [2.05, 4.69) is 10.3 Å². The number of aromatic nitrogens is 1. The van der Waals surface area contributed by atoms with Crippen LogP contribution in [0.25, 0.3) is 6.08 Å². The van der Waals surface area contributed by atoms with E-state index in [1.54, 1.807) is 48.8 Å². The molecule has 0 unspecified atom stereocenters. The predicted molar refractivity (Wildman–Crippen MR) is 121 cm³/mol. The average molecular weight is 437 g/mol. The van der Waals surface area contributed by atoms with E-state index >= 15 is 0 Å². The number of rotatable bonds is 8. The average Bonchev–Trinajstić information content (AvgIpc) is 2.77. The third kappa shape index (κ3) is 6.26. The highest BCUT2D eigenvalue weighted by atomic mass is 32.2. The lowest BCUT2D eigenvalue weighted by molar-refractivity contribution is -0.111. The summed E-state index contributed by atoms with van der Waals surface area (Å²) in [7, 11) is -3.71. The molecule has 1 aromatic heterocycles. The van der Waals surface area contributed by atoms with E-state index in [1.165, 1.54) is 30.3 Å². The molecular formula is C24H24N2O4S. The van der Waals surface area contributed by atoms with E-state index < -0.39 is 9.84 Å². The summed E-state index contributed by atoms with van der Waals surface area (Å²) in [6.07, 6.45) is 6.34. The smallest absolute Gasteiger partial charge is 0.248 e. The summed E-state index contributed by atoms with van der Waals surface area (Å²) in [6.45, 7) is 4.55. The number of carbonyl (C=O) groups is 1. The van der Waals surface area contributed by atoms with Gasteiger partial charge in [-0.2, -0.15) is 0 Å². The third-order valence-electron chi connectivity index (χ3n) is 4.24. The van der Waals surface area contributed by atoms with E-state index in [0.29, 0.717) is 24.0 Å². The summed E-state index contributed by atoms with van der Waals surface area (Å²) in [4.78, 5) is 16.4. The summed E-state index contributed by atoms with van der Waals surface area (Å²) in [5.41, 5.74) is 1.30. The Balaban J connectivity index is 1.69. The number of anilines is 1. The van der Waals surface area contributed by atoms with Gasteiger partial charge in [0.25, 0.3) is 0 Å². The summed E-state index contributed by atoms with van der Waals surface area (Å²) in [5, 5.41) is 2.71. The number of sulfone groups is 1. The van der Waals surface area contributed by atoms with E-state index in [9.17, 15) is 13.2 Å². The summed E-state index contributed by atoms with van der Waals surface area (Å²) < 4.78 is 31.5. The largest absolute Gasteiger partial charge is 0.493 e. The van der Waals surface area contributed by atoms with Crippen molar-refractivity contribution in [2.45, 2.75) is 23.6 Å². The van der Waals surface area contributed by atoms with E-state index in [0.717, 1.165) is 5.56 Å². The fraction of sp³-hybridized carbons (Fsp3) is 0.167. The topological polar surface area (TPSA) is 85.4 Å². The molecule has 0 aliphatic rings. The van der Waals surface area contributed by atoms with Gasteiger partial charge >= 0.3 is 0 Å². The zero-order chi connectivity index (χ0) is 22.3. The van der Waals surface area contributed by atoms with Gasteiger partial charge < -0.3 is 10.1 Å². The normalized spacial score (nSPS) is 11.6. The SMILES string of the molecule is CC(C)COc1cccc(S(=O)(=O)c2ccc(NC(=O)C=Cc3cccnc3)cc2)c1. The van der Waals surface area contributed by atoms with Crippen molar-refractivity contribution in [2.75, 3.05) is 11.9 Å². The van der Waals surface area contributed by atoms with E-state index in [-0.39, 0.29) is 15.7 Å². The van der Waals surface area contributed by atoms with E-state index in [1.807, 2.05) is 19.9 Å². The predicted octanol–water partition coefficient (Wildman–Crippen LogP) is 4.60. The standard InChI is InChI=1S/C24H24N2O4S/c1-18(2)17-30-21-6-3-7-23(15-21)31(28,29)22-11-9-20(10-12-22)26-24(27)13-8-19-5-4-14-25-16-19/h3-16,18H,17H2,1-2H3,(H,26,27). The van der Waals surface area contributed by atoms with Crippen LogP contribution in [0.3, 0.4) is 0 Å². The highest BCUT2D eigenvalue weighted by Crippen LogP contribution is 2.25. The molecule has 1 amide bonds. The van der Waals surface area contributed by atoms with Crippen molar-refractivity contribution in [1.82, 2.24) is 4.98 Å². The molecule has 0 spiro atoms. The van der Waals surface area contributed by atoms with Crippen LogP contribution in [0.4, 0.5) is 5.69 Å². The quantitative estimate of drug-likeness (QED) is 0.522. The Hall–Kier alpha value is -3.45. The van der Waals surface area contributed by atoms with Crippen LogP contribution in [0.5, 0.6) is 5.75 Å². The van der Waals surface area contributed by atoms with Gasteiger partial charge in [0.15, 0.2) is 0 Å². The van der Waals surface area contributed by atoms with Gasteiger partial charge in [-0.05, 0) is 66.1 Å². The van der Waals surface area contributed by atoms with Gasteiger partial charge in [0.05, 0.1) is 16.4 Å². The number of nitrogens with zero attached hydrogens (tertiary/aromatic N) is 1. The van der Waals surface area contributed by atoms with Crippen molar-refractivity contribution in [3.63, 3.8) is 0 Å². The Labute approximate surface area is 182 Å². The number of benzene rings is 2. The molecule has 3 aromatic rings. The molecule has 3 rings (SSSR count). The number of carbonyl (C=O) groups excluding carboxylic acids is 1. The molecule has 0 saturated carbocycles. The molecule has 1 heterocycles. The highest BCUT2D eigenvalue weighted by molar-refractivity contribution is 7.91. The summed E-state index contributed by atoms with van der Waals surface area (Å²) in [6, 6.07) is 16.1. The Kier molecular flexibility index (Phi) is 7.20. The molecule has 160 valence electrons. The molecule has 0 saturated heterocycles. The zero-order valence-electron chi connectivity index (χ0n) is 17.4. The van der Waals surface area contributed by atoms with Gasteiger partial charge in [-0.3, -0.25) is 9.78 Å². The van der Waals surface area contributed by atoms with Crippen molar-refractivity contribution in [3.8, 4) is 5.75 Å². The molecule has 1 N–H and O–H groups in total. The second-order valence-corrected chi connectivity index (χ2v) is 9.27. The number of hydrogen-bond donors (Lipinski definition) is 1. The highest BCUT2D eigenvalue weighted by Gasteiger charge is 2.18. The van der Waals surface area contributed by atoms with Crippen molar-refractivity contribution < 1.29 is 17.9 Å². The van der Waals surface area contributed by atoms with Crippen LogP contribution in [-0.4, -0.2) is 25.9 Å². The summed E-state index contributed by atoms with van der Waals surface area (Å²) in [5.74, 6) is 0.524. The molecule has 2 aromatic carbocycles. The summed E-state index contributed by atoms with van der Waals surface area (Å²) >= 11 is 0. The van der Waals surface area contributed by atoms with Gasteiger partial charge in [0.1, 0.15) is 5.75 Å². The first kappa shape index (κ1) is 22.2. The lowest BCUT2D eigenvalue weighted by Crippen LogP contribution is -2.08. The molecule has 0 radical (unpaired) electrons. The second-order valence-electron chi connectivity index (χ2n) is 7.32. The van der Waals surface area contributed by atoms with Crippen LogP contribution in [0.1, 0.15) is 19.4 Å². The Morgan fingerprint density at radius 3 is 2.52 bits per heavy atom. The maximum absolute atomic E-state index is 13.0. The molecule has 0 atom stereocenters. The third-order valence-corrected chi connectivity index (χ3v) is 6.01. The Morgan fingerprint density at radius 2 is 1.84 bits per heavy atom. The Morgan fingerprint density at radius 1 is 1.06 bits per heavy atom. The molecule has 0 bridgehead atoms. The van der Waals surface area contributed by atoms with Crippen LogP contribution < -0.4 is 10.1 Å². The monoisotopic (exact) mass is 436 g/mol. The molecule has 0 fully saturated rings. The van der Waals surface area contributed by atoms with Crippen molar-refractivity contribution >= 4 is 27.5 Å². The van der Waals surface area contributed by atoms with Crippen LogP contribution in [-0.2, 0) is 14.6 Å². The number of amides is 1. The molecule has 0 aliphatic heterocycles.